The number of rotatable bonds is 4. The maximum absolute atomic E-state index is 14.1. The van der Waals surface area contributed by atoms with Crippen molar-refractivity contribution in [1.29, 1.82) is 0 Å². The van der Waals surface area contributed by atoms with E-state index >= 15 is 0 Å². The summed E-state index contributed by atoms with van der Waals surface area (Å²) in [6.07, 6.45) is -9.72. The van der Waals surface area contributed by atoms with Gasteiger partial charge in [-0.05, 0) is 47.5 Å². The minimum Gasteiger partial charge on any atom is -0.481 e. The molecule has 1 N–H and O–H groups in total. The quantitative estimate of drug-likeness (QED) is 0.403. The number of carbonyl (C=O) groups is 3. The molecule has 43 heavy (non-hydrogen) atoms. The van der Waals surface area contributed by atoms with E-state index in [0.29, 0.717) is 11.6 Å². The number of alkyl halides is 6. The number of nitrogens with one attached hydrogen (secondary N) is 1. The Morgan fingerprint density at radius 3 is 2.30 bits per heavy atom. The Bertz CT molecular complexity index is 1620. The van der Waals surface area contributed by atoms with Gasteiger partial charge in [-0.3, -0.25) is 14.4 Å². The number of nitrogens with zero attached hydrogens (tertiary/aromatic N) is 2. The molecule has 0 spiro atoms. The number of anilines is 1. The van der Waals surface area contributed by atoms with E-state index in [1.807, 2.05) is 0 Å². The van der Waals surface area contributed by atoms with Gasteiger partial charge in [-0.1, -0.05) is 18.2 Å². The highest BCUT2D eigenvalue weighted by molar-refractivity contribution is 6.10. The van der Waals surface area contributed by atoms with E-state index in [1.54, 1.807) is 0 Å². The van der Waals surface area contributed by atoms with Gasteiger partial charge in [-0.15, -0.1) is 0 Å². The summed E-state index contributed by atoms with van der Waals surface area (Å²) in [5, 5.41) is 2.58. The molecule has 0 bridgehead atoms. The largest absolute Gasteiger partial charge is 0.481 e. The standard InChI is InChI=1S/C28H19F8N3O4/c29-23-18(28(34,35)36)5-7-21(24(23)30)43-13-22(40)38-8-9-39-20(12-38)25(41)37-19-6-4-15(11-17(19)26(39)42)14-2-1-3-16(10-14)27(31,32)33/h1-7,10-11,20H,8-9,12-13H2,(H,37,41). The lowest BCUT2D eigenvalue weighted by molar-refractivity contribution is -0.141. The number of hydrogen-bond acceptors (Lipinski definition) is 4. The van der Waals surface area contributed by atoms with Gasteiger partial charge in [0.05, 0.1) is 28.9 Å². The monoisotopic (exact) mass is 613 g/mol. The molecule has 226 valence electrons. The second kappa shape index (κ2) is 10.9. The van der Waals surface area contributed by atoms with Crippen LogP contribution in [0.25, 0.3) is 11.1 Å². The molecule has 7 nitrogen and oxygen atoms in total. The molecule has 2 heterocycles. The molecule has 1 saturated heterocycles. The van der Waals surface area contributed by atoms with Crippen molar-refractivity contribution in [3.8, 4) is 16.9 Å². The first kappa shape index (κ1) is 29.8. The third-order valence-corrected chi connectivity index (χ3v) is 7.03. The fourth-order valence-electron chi connectivity index (χ4n) is 4.83. The highest BCUT2D eigenvalue weighted by Crippen LogP contribution is 2.36. The zero-order chi connectivity index (χ0) is 31.3. The summed E-state index contributed by atoms with van der Waals surface area (Å²) in [6, 6.07) is 8.32. The Morgan fingerprint density at radius 2 is 1.60 bits per heavy atom. The van der Waals surface area contributed by atoms with Crippen molar-refractivity contribution >= 4 is 23.4 Å². The van der Waals surface area contributed by atoms with Crippen LogP contribution >= 0.6 is 0 Å². The van der Waals surface area contributed by atoms with Crippen LogP contribution in [0.5, 0.6) is 5.75 Å². The van der Waals surface area contributed by atoms with E-state index in [2.05, 4.69) is 5.32 Å². The number of ether oxygens (including phenoxy) is 1. The Balaban J connectivity index is 1.30. The fraction of sp³-hybridized carbons (Fsp3) is 0.250. The number of carbonyl (C=O) groups excluding carboxylic acids is 3. The summed E-state index contributed by atoms with van der Waals surface area (Å²) in [7, 11) is 0. The smallest absolute Gasteiger partial charge is 0.419 e. The van der Waals surface area contributed by atoms with Gasteiger partial charge in [-0.2, -0.15) is 30.7 Å². The molecule has 3 amide bonds. The van der Waals surface area contributed by atoms with Gasteiger partial charge in [-0.25, -0.2) is 4.39 Å². The van der Waals surface area contributed by atoms with E-state index in [4.69, 9.17) is 4.74 Å². The van der Waals surface area contributed by atoms with Crippen LogP contribution in [0.2, 0.25) is 0 Å². The van der Waals surface area contributed by atoms with Crippen molar-refractivity contribution in [2.24, 2.45) is 0 Å². The number of halogens is 8. The SMILES string of the molecule is O=C1Nc2ccc(-c3cccc(C(F)(F)F)c3)cc2C(=O)N2CCN(C(=O)COc3ccc(C(F)(F)F)c(F)c3F)CC12. The highest BCUT2D eigenvalue weighted by atomic mass is 19.4. The van der Waals surface area contributed by atoms with Gasteiger partial charge < -0.3 is 19.9 Å². The molecule has 1 fully saturated rings. The molecule has 1 unspecified atom stereocenters. The molecule has 15 heteroatoms. The second-order valence-corrected chi connectivity index (χ2v) is 9.71. The normalized spacial score (nSPS) is 17.2. The van der Waals surface area contributed by atoms with Crippen LogP contribution in [0.15, 0.2) is 54.6 Å². The van der Waals surface area contributed by atoms with Crippen LogP contribution < -0.4 is 10.1 Å². The molecule has 2 aliphatic heterocycles. The molecule has 5 rings (SSSR count). The molecular weight excluding hydrogens is 594 g/mol. The summed E-state index contributed by atoms with van der Waals surface area (Å²) in [6.45, 7) is -1.47. The first-order chi connectivity index (χ1) is 20.1. The number of piperazine rings is 1. The summed E-state index contributed by atoms with van der Waals surface area (Å²) >= 11 is 0. The minimum absolute atomic E-state index is 0.0219. The van der Waals surface area contributed by atoms with Gasteiger partial charge in [0.15, 0.2) is 18.2 Å². The van der Waals surface area contributed by atoms with Crippen molar-refractivity contribution < 1.29 is 54.2 Å². The average molecular weight is 613 g/mol. The first-order valence-electron chi connectivity index (χ1n) is 12.5. The topological polar surface area (TPSA) is 79.0 Å². The molecule has 3 aromatic carbocycles. The van der Waals surface area contributed by atoms with Crippen LogP contribution in [0, 0.1) is 11.6 Å². The molecule has 0 aromatic heterocycles. The zero-order valence-corrected chi connectivity index (χ0v) is 21.7. The Morgan fingerprint density at radius 1 is 0.884 bits per heavy atom. The lowest BCUT2D eigenvalue weighted by Gasteiger charge is -2.39. The van der Waals surface area contributed by atoms with Crippen LogP contribution in [-0.4, -0.2) is 59.8 Å². The lowest BCUT2D eigenvalue weighted by Crippen LogP contribution is -2.60. The molecule has 2 aliphatic rings. The Hall–Kier alpha value is -4.69. The van der Waals surface area contributed by atoms with Crippen LogP contribution in [0.3, 0.4) is 0 Å². The van der Waals surface area contributed by atoms with Crippen molar-refractivity contribution in [2.75, 3.05) is 31.6 Å². The van der Waals surface area contributed by atoms with Crippen molar-refractivity contribution in [2.45, 2.75) is 18.4 Å². The molecule has 1 atom stereocenters. The van der Waals surface area contributed by atoms with Crippen molar-refractivity contribution in [3.05, 3.63) is 82.9 Å². The van der Waals surface area contributed by atoms with Gasteiger partial charge >= 0.3 is 12.4 Å². The first-order valence-corrected chi connectivity index (χ1v) is 12.5. The Labute approximate surface area is 237 Å². The van der Waals surface area contributed by atoms with Gasteiger partial charge in [0, 0.05) is 13.1 Å². The highest BCUT2D eigenvalue weighted by Gasteiger charge is 2.41. The maximum Gasteiger partial charge on any atom is 0.419 e. The van der Waals surface area contributed by atoms with Crippen LogP contribution in [0.4, 0.5) is 40.8 Å². The molecular formula is C28H19F8N3O4. The number of benzene rings is 3. The van der Waals surface area contributed by atoms with Crippen LogP contribution in [0.1, 0.15) is 21.5 Å². The predicted octanol–water partition coefficient (Wildman–Crippen LogP) is 5.35. The molecule has 0 saturated carbocycles. The minimum atomic E-state index is -5.14. The maximum atomic E-state index is 14.1. The lowest BCUT2D eigenvalue weighted by atomic mass is 9.99. The summed E-state index contributed by atoms with van der Waals surface area (Å²) in [4.78, 5) is 41.5. The Kier molecular flexibility index (Phi) is 7.52. The average Bonchev–Trinajstić information content (AvgIpc) is 3.05. The van der Waals surface area contributed by atoms with Gasteiger partial charge in [0.25, 0.3) is 11.8 Å². The van der Waals surface area contributed by atoms with Gasteiger partial charge in [0.2, 0.25) is 11.7 Å². The predicted molar refractivity (Wildman–Crippen MR) is 134 cm³/mol. The molecule has 3 aromatic rings. The van der Waals surface area contributed by atoms with Crippen LogP contribution in [-0.2, 0) is 21.9 Å². The second-order valence-electron chi connectivity index (χ2n) is 9.71. The molecule has 0 aliphatic carbocycles. The molecule has 0 radical (unpaired) electrons. The zero-order valence-electron chi connectivity index (χ0n) is 21.7. The summed E-state index contributed by atoms with van der Waals surface area (Å²) in [5.41, 5.74) is -2.10. The van der Waals surface area contributed by atoms with E-state index in [-0.39, 0.29) is 42.5 Å². The van der Waals surface area contributed by atoms with E-state index in [0.717, 1.165) is 17.0 Å². The van der Waals surface area contributed by atoms with E-state index in [9.17, 15) is 49.5 Å². The fourth-order valence-corrected chi connectivity index (χ4v) is 4.83. The number of amides is 3. The van der Waals surface area contributed by atoms with E-state index < -0.39 is 71.2 Å². The third kappa shape index (κ3) is 5.83. The van der Waals surface area contributed by atoms with Crippen molar-refractivity contribution in [1.82, 2.24) is 9.80 Å². The van der Waals surface area contributed by atoms with Crippen molar-refractivity contribution in [3.63, 3.8) is 0 Å². The number of fused-ring (bicyclic) bond motifs is 2. The third-order valence-electron chi connectivity index (χ3n) is 7.03. The summed E-state index contributed by atoms with van der Waals surface area (Å²) in [5.74, 6) is -7.12. The van der Waals surface area contributed by atoms with Gasteiger partial charge in [0.1, 0.15) is 6.04 Å². The number of hydrogen-bond donors (Lipinski definition) is 1. The van der Waals surface area contributed by atoms with E-state index in [1.165, 1.54) is 35.2 Å². The summed E-state index contributed by atoms with van der Waals surface area (Å²) < 4.78 is 111.